The molecule has 0 atom stereocenters. The van der Waals surface area contributed by atoms with Crippen LogP contribution in [-0.2, 0) is 10.0 Å². The predicted octanol–water partition coefficient (Wildman–Crippen LogP) is 3.31. The van der Waals surface area contributed by atoms with E-state index in [1.165, 1.54) is 10.6 Å². The van der Waals surface area contributed by atoms with Gasteiger partial charge < -0.3 is 5.32 Å². The third-order valence-corrected chi connectivity index (χ3v) is 5.40. The van der Waals surface area contributed by atoms with Crippen LogP contribution in [0.25, 0.3) is 0 Å². The Morgan fingerprint density at radius 1 is 1.08 bits per heavy atom. The zero-order valence-electron chi connectivity index (χ0n) is 15.7. The lowest BCUT2D eigenvalue weighted by atomic mass is 10.0. The molecule has 2 aromatic carbocycles. The van der Waals surface area contributed by atoms with Gasteiger partial charge in [0.2, 0.25) is 10.0 Å². The summed E-state index contributed by atoms with van der Waals surface area (Å²) in [6.45, 7) is 6.34. The minimum Gasteiger partial charge on any atom is -0.350 e. The van der Waals surface area contributed by atoms with Crippen LogP contribution >= 0.6 is 0 Å². The molecule has 0 aliphatic rings. The summed E-state index contributed by atoms with van der Waals surface area (Å²) in [5, 5.41) is 2.82. The number of carbonyl (C=O) groups excluding carboxylic acids is 1. The summed E-state index contributed by atoms with van der Waals surface area (Å²) in [6.07, 6.45) is 1.19. The molecule has 2 aromatic rings. The number of rotatable bonds is 7. The molecule has 1 amide bonds. The molecule has 0 saturated heterocycles. The van der Waals surface area contributed by atoms with Gasteiger partial charge in [0.05, 0.1) is 18.5 Å². The second kappa shape index (κ2) is 8.36. The maximum atomic E-state index is 12.3. The van der Waals surface area contributed by atoms with E-state index in [9.17, 15) is 13.2 Å². The van der Waals surface area contributed by atoms with Gasteiger partial charge >= 0.3 is 0 Å². The molecule has 5 nitrogen and oxygen atoms in total. The Morgan fingerprint density at radius 2 is 1.69 bits per heavy atom. The van der Waals surface area contributed by atoms with Crippen molar-refractivity contribution < 1.29 is 13.2 Å². The molecule has 0 fully saturated rings. The fraction of sp³-hybridized carbons (Fsp3) is 0.350. The largest absolute Gasteiger partial charge is 0.350 e. The van der Waals surface area contributed by atoms with Crippen molar-refractivity contribution in [2.75, 3.05) is 23.7 Å². The monoisotopic (exact) mass is 374 g/mol. The van der Waals surface area contributed by atoms with Crippen molar-refractivity contribution in [2.45, 2.75) is 26.7 Å². The first kappa shape index (κ1) is 20.0. The van der Waals surface area contributed by atoms with Crippen molar-refractivity contribution >= 4 is 21.6 Å². The highest BCUT2D eigenvalue weighted by Crippen LogP contribution is 2.28. The number of nitrogens with one attached hydrogen (secondary N) is 1. The molecule has 2 rings (SSSR count). The van der Waals surface area contributed by atoms with Crippen molar-refractivity contribution in [1.29, 1.82) is 0 Å². The topological polar surface area (TPSA) is 66.5 Å². The third-order valence-electron chi connectivity index (χ3n) is 4.22. The summed E-state index contributed by atoms with van der Waals surface area (Å²) in [4.78, 5) is 12.3. The lowest BCUT2D eigenvalue weighted by Crippen LogP contribution is -2.38. The highest BCUT2D eigenvalue weighted by molar-refractivity contribution is 7.92. The number of nitrogens with zero attached hydrogens (tertiary/aromatic N) is 1. The van der Waals surface area contributed by atoms with E-state index >= 15 is 0 Å². The SMILES string of the molecule is Cc1ccccc1C(=O)NCCN(c1ccccc1C(C)C)S(C)(=O)=O. The third kappa shape index (κ3) is 4.85. The Morgan fingerprint density at radius 3 is 2.31 bits per heavy atom. The quantitative estimate of drug-likeness (QED) is 0.808. The molecular weight excluding hydrogens is 348 g/mol. The first-order valence-corrected chi connectivity index (χ1v) is 10.5. The van der Waals surface area contributed by atoms with E-state index in [2.05, 4.69) is 5.32 Å². The second-order valence-electron chi connectivity index (χ2n) is 6.62. The van der Waals surface area contributed by atoms with Gasteiger partial charge in [-0.3, -0.25) is 9.10 Å². The molecule has 0 aliphatic carbocycles. The van der Waals surface area contributed by atoms with Crippen LogP contribution < -0.4 is 9.62 Å². The molecule has 140 valence electrons. The molecule has 0 radical (unpaired) electrons. The van der Waals surface area contributed by atoms with Crippen LogP contribution in [0.4, 0.5) is 5.69 Å². The fourth-order valence-electron chi connectivity index (χ4n) is 2.86. The fourth-order valence-corrected chi connectivity index (χ4v) is 3.81. The predicted molar refractivity (Wildman–Crippen MR) is 106 cm³/mol. The molecule has 6 heteroatoms. The second-order valence-corrected chi connectivity index (χ2v) is 8.53. The Labute approximate surface area is 156 Å². The summed E-state index contributed by atoms with van der Waals surface area (Å²) in [6, 6.07) is 14.8. The van der Waals surface area contributed by atoms with Gasteiger partial charge in [0, 0.05) is 12.1 Å². The van der Waals surface area contributed by atoms with Gasteiger partial charge in [-0.1, -0.05) is 50.2 Å². The number of sulfonamides is 1. The molecule has 0 aliphatic heterocycles. The number of amides is 1. The van der Waals surface area contributed by atoms with E-state index in [-0.39, 0.29) is 24.9 Å². The number of hydrogen-bond acceptors (Lipinski definition) is 3. The number of anilines is 1. The zero-order chi connectivity index (χ0) is 19.3. The highest BCUT2D eigenvalue weighted by Gasteiger charge is 2.21. The van der Waals surface area contributed by atoms with Crippen LogP contribution in [-0.4, -0.2) is 33.7 Å². The van der Waals surface area contributed by atoms with E-state index in [0.717, 1.165) is 11.1 Å². The van der Waals surface area contributed by atoms with E-state index in [1.807, 2.05) is 57.2 Å². The van der Waals surface area contributed by atoms with E-state index in [4.69, 9.17) is 0 Å². The van der Waals surface area contributed by atoms with Crippen molar-refractivity contribution in [3.8, 4) is 0 Å². The first-order chi connectivity index (χ1) is 12.2. The lowest BCUT2D eigenvalue weighted by Gasteiger charge is -2.26. The van der Waals surface area contributed by atoms with Crippen molar-refractivity contribution in [2.24, 2.45) is 0 Å². The molecule has 0 saturated carbocycles. The van der Waals surface area contributed by atoms with Crippen LogP contribution in [0.1, 0.15) is 41.3 Å². The molecule has 0 spiro atoms. The summed E-state index contributed by atoms with van der Waals surface area (Å²) in [5.74, 6) is -0.00861. The average Bonchev–Trinajstić information content (AvgIpc) is 2.57. The summed E-state index contributed by atoms with van der Waals surface area (Å²) < 4.78 is 26.0. The number of para-hydroxylation sites is 1. The summed E-state index contributed by atoms with van der Waals surface area (Å²) in [5.41, 5.74) is 3.11. The molecule has 0 aromatic heterocycles. The van der Waals surface area contributed by atoms with Crippen LogP contribution in [0.2, 0.25) is 0 Å². The zero-order valence-corrected chi connectivity index (χ0v) is 16.5. The van der Waals surface area contributed by atoms with Gasteiger partial charge in [-0.15, -0.1) is 0 Å². The molecule has 0 unspecified atom stereocenters. The molecule has 26 heavy (non-hydrogen) atoms. The van der Waals surface area contributed by atoms with E-state index in [1.54, 1.807) is 12.1 Å². The van der Waals surface area contributed by atoms with E-state index < -0.39 is 10.0 Å². The van der Waals surface area contributed by atoms with Gasteiger partial charge in [-0.25, -0.2) is 8.42 Å². The van der Waals surface area contributed by atoms with Crippen molar-refractivity contribution in [3.63, 3.8) is 0 Å². The van der Waals surface area contributed by atoms with E-state index in [0.29, 0.717) is 11.3 Å². The van der Waals surface area contributed by atoms with Gasteiger partial charge in [0.25, 0.3) is 5.91 Å². The Hall–Kier alpha value is -2.34. The van der Waals surface area contributed by atoms with Gasteiger partial charge in [-0.2, -0.15) is 0 Å². The average molecular weight is 375 g/mol. The molecule has 0 bridgehead atoms. The Bertz CT molecular complexity index is 876. The van der Waals surface area contributed by atoms with Crippen LogP contribution in [0.5, 0.6) is 0 Å². The van der Waals surface area contributed by atoms with Crippen molar-refractivity contribution in [1.82, 2.24) is 5.32 Å². The van der Waals surface area contributed by atoms with Crippen molar-refractivity contribution in [3.05, 3.63) is 65.2 Å². The van der Waals surface area contributed by atoms with Gasteiger partial charge in [-0.05, 0) is 36.1 Å². The number of aryl methyl sites for hydroxylation is 1. The minimum atomic E-state index is -3.46. The lowest BCUT2D eigenvalue weighted by molar-refractivity contribution is 0.0954. The normalized spacial score (nSPS) is 11.4. The minimum absolute atomic E-state index is 0.181. The first-order valence-electron chi connectivity index (χ1n) is 8.62. The maximum absolute atomic E-state index is 12.3. The molecule has 0 heterocycles. The smallest absolute Gasteiger partial charge is 0.251 e. The number of hydrogen-bond donors (Lipinski definition) is 1. The highest BCUT2D eigenvalue weighted by atomic mass is 32.2. The van der Waals surface area contributed by atoms with Crippen LogP contribution in [0.15, 0.2) is 48.5 Å². The van der Waals surface area contributed by atoms with Crippen LogP contribution in [0, 0.1) is 6.92 Å². The molecule has 1 N–H and O–H groups in total. The van der Waals surface area contributed by atoms with Gasteiger partial charge in [0.15, 0.2) is 0 Å². The van der Waals surface area contributed by atoms with Gasteiger partial charge in [0.1, 0.15) is 0 Å². The molecular formula is C20H26N2O3S. The van der Waals surface area contributed by atoms with Crippen LogP contribution in [0.3, 0.4) is 0 Å². The number of benzene rings is 2. The maximum Gasteiger partial charge on any atom is 0.251 e. The Balaban J connectivity index is 2.16. The Kier molecular flexibility index (Phi) is 6.42. The summed E-state index contributed by atoms with van der Waals surface area (Å²) >= 11 is 0. The summed E-state index contributed by atoms with van der Waals surface area (Å²) in [7, 11) is -3.46. The number of carbonyl (C=O) groups is 1. The standard InChI is InChI=1S/C20H26N2O3S/c1-15(2)17-10-7-8-12-19(17)22(26(4,24)25)14-13-21-20(23)18-11-6-5-9-16(18)3/h5-12,15H,13-14H2,1-4H3,(H,21,23).